The minimum atomic E-state index is -3.14. The number of guanidine groups is 1. The zero-order valence-corrected chi connectivity index (χ0v) is 16.9. The summed E-state index contributed by atoms with van der Waals surface area (Å²) in [4.78, 5) is 6.68. The largest absolute Gasteiger partial charge is 0.355 e. The average Bonchev–Trinajstić information content (AvgIpc) is 2.68. The Bertz CT molecular complexity index is 676. The van der Waals surface area contributed by atoms with E-state index in [4.69, 9.17) is 0 Å². The van der Waals surface area contributed by atoms with Crippen molar-refractivity contribution < 1.29 is 8.42 Å². The van der Waals surface area contributed by atoms with Crippen LogP contribution in [0.4, 0.5) is 0 Å². The first-order valence-electron chi connectivity index (χ1n) is 9.48. The summed E-state index contributed by atoms with van der Waals surface area (Å²) in [7, 11) is -1.36. The molecular weight excluding hydrogens is 348 g/mol. The molecule has 1 heterocycles. The van der Waals surface area contributed by atoms with Crippen LogP contribution in [0.15, 0.2) is 35.3 Å². The zero-order valence-electron chi connectivity index (χ0n) is 16.1. The molecule has 2 N–H and O–H groups in total. The molecule has 7 heteroatoms. The van der Waals surface area contributed by atoms with Crippen LogP contribution in [0.2, 0.25) is 0 Å². The van der Waals surface area contributed by atoms with Crippen molar-refractivity contribution in [3.05, 3.63) is 35.9 Å². The molecule has 1 aromatic carbocycles. The molecule has 0 saturated carbocycles. The molecular formula is C19H32N4O2S. The molecule has 2 unspecified atom stereocenters. The standard InChI is InChI=1S/C19H32N4O2S/c1-4-16-15-23(14-11-18(16)17-9-7-6-8-10-17)19(20-3)21-12-13-22-26(24,25)5-2/h6-10,16,18,22H,4-5,11-15H2,1-3H3,(H,20,21). The van der Waals surface area contributed by atoms with Gasteiger partial charge in [-0.15, -0.1) is 0 Å². The number of piperidine rings is 1. The third-order valence-electron chi connectivity index (χ3n) is 5.11. The first kappa shape index (κ1) is 20.7. The lowest BCUT2D eigenvalue weighted by atomic mass is 9.79. The van der Waals surface area contributed by atoms with Crippen molar-refractivity contribution in [2.75, 3.05) is 39.0 Å². The number of rotatable bonds is 7. The maximum Gasteiger partial charge on any atom is 0.211 e. The Balaban J connectivity index is 1.90. The van der Waals surface area contributed by atoms with E-state index in [1.807, 2.05) is 0 Å². The number of nitrogens with one attached hydrogen (secondary N) is 2. The van der Waals surface area contributed by atoms with Crippen LogP contribution in [0.5, 0.6) is 0 Å². The second kappa shape index (κ2) is 9.92. The summed E-state index contributed by atoms with van der Waals surface area (Å²) in [6.07, 6.45) is 2.23. The number of aliphatic imine (C=N–C) groups is 1. The van der Waals surface area contributed by atoms with Crippen LogP contribution in [0.1, 0.15) is 38.2 Å². The van der Waals surface area contributed by atoms with Gasteiger partial charge in [-0.1, -0.05) is 43.7 Å². The van der Waals surface area contributed by atoms with Gasteiger partial charge >= 0.3 is 0 Å². The molecule has 6 nitrogen and oxygen atoms in total. The molecule has 2 rings (SSSR count). The Morgan fingerprint density at radius 1 is 1.23 bits per heavy atom. The van der Waals surface area contributed by atoms with Crippen molar-refractivity contribution in [1.82, 2.24) is 14.9 Å². The zero-order chi connectivity index (χ0) is 19.0. The topological polar surface area (TPSA) is 73.8 Å². The van der Waals surface area contributed by atoms with Gasteiger partial charge in [0.1, 0.15) is 0 Å². The number of sulfonamides is 1. The second-order valence-corrected chi connectivity index (χ2v) is 8.79. The van der Waals surface area contributed by atoms with Gasteiger partial charge in [-0.3, -0.25) is 4.99 Å². The predicted octanol–water partition coefficient (Wildman–Crippen LogP) is 2.02. The molecule has 0 spiro atoms. The Morgan fingerprint density at radius 2 is 1.96 bits per heavy atom. The maximum absolute atomic E-state index is 11.5. The monoisotopic (exact) mass is 380 g/mol. The Labute approximate surface area is 158 Å². The third-order valence-corrected chi connectivity index (χ3v) is 6.51. The van der Waals surface area contributed by atoms with Crippen molar-refractivity contribution in [1.29, 1.82) is 0 Å². The van der Waals surface area contributed by atoms with Gasteiger partial charge in [0.15, 0.2) is 5.96 Å². The van der Waals surface area contributed by atoms with E-state index in [9.17, 15) is 8.42 Å². The van der Waals surface area contributed by atoms with Gasteiger partial charge in [0.05, 0.1) is 5.75 Å². The molecule has 1 aromatic rings. The highest BCUT2D eigenvalue weighted by molar-refractivity contribution is 7.89. The first-order chi connectivity index (χ1) is 12.5. The lowest BCUT2D eigenvalue weighted by molar-refractivity contribution is 0.216. The molecule has 0 bridgehead atoms. The van der Waals surface area contributed by atoms with Crippen LogP contribution in [0.3, 0.4) is 0 Å². The number of likely N-dealkylation sites (tertiary alicyclic amines) is 1. The molecule has 1 aliphatic rings. The molecule has 26 heavy (non-hydrogen) atoms. The van der Waals surface area contributed by atoms with Gasteiger partial charge in [0, 0.05) is 33.2 Å². The Hall–Kier alpha value is -1.60. The lowest BCUT2D eigenvalue weighted by Gasteiger charge is -2.40. The summed E-state index contributed by atoms with van der Waals surface area (Å²) in [5.41, 5.74) is 1.43. The van der Waals surface area contributed by atoms with Crippen molar-refractivity contribution in [2.45, 2.75) is 32.6 Å². The van der Waals surface area contributed by atoms with E-state index in [0.717, 1.165) is 31.9 Å². The predicted molar refractivity (Wildman–Crippen MR) is 108 cm³/mol. The van der Waals surface area contributed by atoms with Crippen molar-refractivity contribution in [3.8, 4) is 0 Å². The van der Waals surface area contributed by atoms with Crippen LogP contribution in [-0.4, -0.2) is 58.3 Å². The van der Waals surface area contributed by atoms with Crippen molar-refractivity contribution in [3.63, 3.8) is 0 Å². The summed E-state index contributed by atoms with van der Waals surface area (Å²) in [5, 5.41) is 3.28. The lowest BCUT2D eigenvalue weighted by Crippen LogP contribution is -2.49. The summed E-state index contributed by atoms with van der Waals surface area (Å²) in [6, 6.07) is 10.8. The van der Waals surface area contributed by atoms with Gasteiger partial charge in [0.25, 0.3) is 0 Å². The van der Waals surface area contributed by atoms with Crippen LogP contribution < -0.4 is 10.0 Å². The number of hydrogen-bond acceptors (Lipinski definition) is 3. The molecule has 146 valence electrons. The van der Waals surface area contributed by atoms with E-state index >= 15 is 0 Å². The maximum atomic E-state index is 11.5. The quantitative estimate of drug-likeness (QED) is 0.431. The van der Waals surface area contributed by atoms with E-state index in [0.29, 0.717) is 24.9 Å². The van der Waals surface area contributed by atoms with E-state index < -0.39 is 10.0 Å². The highest BCUT2D eigenvalue weighted by Crippen LogP contribution is 2.34. The molecule has 1 saturated heterocycles. The Kier molecular flexibility index (Phi) is 7.90. The molecule has 1 fully saturated rings. The average molecular weight is 381 g/mol. The smallest absolute Gasteiger partial charge is 0.211 e. The summed E-state index contributed by atoms with van der Waals surface area (Å²) < 4.78 is 25.6. The minimum Gasteiger partial charge on any atom is -0.355 e. The third kappa shape index (κ3) is 5.71. The summed E-state index contributed by atoms with van der Waals surface area (Å²) in [5.74, 6) is 2.13. The van der Waals surface area contributed by atoms with E-state index in [-0.39, 0.29) is 5.75 Å². The highest BCUT2D eigenvalue weighted by atomic mass is 32.2. The van der Waals surface area contributed by atoms with Crippen LogP contribution in [-0.2, 0) is 10.0 Å². The Morgan fingerprint density at radius 3 is 2.58 bits per heavy atom. The van der Waals surface area contributed by atoms with E-state index in [2.05, 4.69) is 57.2 Å². The van der Waals surface area contributed by atoms with Crippen LogP contribution in [0, 0.1) is 5.92 Å². The van der Waals surface area contributed by atoms with E-state index in [1.54, 1.807) is 14.0 Å². The van der Waals surface area contributed by atoms with Crippen LogP contribution >= 0.6 is 0 Å². The van der Waals surface area contributed by atoms with Gasteiger partial charge < -0.3 is 10.2 Å². The number of benzene rings is 1. The molecule has 0 aliphatic carbocycles. The van der Waals surface area contributed by atoms with Gasteiger partial charge in [0.2, 0.25) is 10.0 Å². The molecule has 0 radical (unpaired) electrons. The van der Waals surface area contributed by atoms with Crippen molar-refractivity contribution >= 4 is 16.0 Å². The van der Waals surface area contributed by atoms with Crippen molar-refractivity contribution in [2.24, 2.45) is 10.9 Å². The molecule has 0 aromatic heterocycles. The fourth-order valence-electron chi connectivity index (χ4n) is 3.59. The minimum absolute atomic E-state index is 0.104. The van der Waals surface area contributed by atoms with Gasteiger partial charge in [-0.25, -0.2) is 13.1 Å². The molecule has 1 aliphatic heterocycles. The van der Waals surface area contributed by atoms with E-state index in [1.165, 1.54) is 5.56 Å². The highest BCUT2D eigenvalue weighted by Gasteiger charge is 2.30. The fourth-order valence-corrected chi connectivity index (χ4v) is 4.21. The second-order valence-electron chi connectivity index (χ2n) is 6.69. The fraction of sp³-hybridized carbons (Fsp3) is 0.632. The molecule has 2 atom stereocenters. The molecule has 0 amide bonds. The first-order valence-corrected chi connectivity index (χ1v) is 11.1. The summed E-state index contributed by atoms with van der Waals surface area (Å²) >= 11 is 0. The SMILES string of the molecule is CCC1CN(C(=NC)NCCNS(=O)(=O)CC)CCC1c1ccccc1. The van der Waals surface area contributed by atoms with Gasteiger partial charge in [-0.05, 0) is 30.7 Å². The van der Waals surface area contributed by atoms with Gasteiger partial charge in [-0.2, -0.15) is 0 Å². The number of nitrogens with zero attached hydrogens (tertiary/aromatic N) is 2. The summed E-state index contributed by atoms with van der Waals surface area (Å²) in [6.45, 7) is 6.71. The number of hydrogen-bond donors (Lipinski definition) is 2. The van der Waals surface area contributed by atoms with Crippen LogP contribution in [0.25, 0.3) is 0 Å². The normalized spacial score (nSPS) is 21.7.